The van der Waals surface area contributed by atoms with Gasteiger partial charge in [0.25, 0.3) is 0 Å². The van der Waals surface area contributed by atoms with E-state index in [-0.39, 0.29) is 5.82 Å². The lowest BCUT2D eigenvalue weighted by molar-refractivity contribution is 0.628. The van der Waals surface area contributed by atoms with E-state index < -0.39 is 0 Å². The summed E-state index contributed by atoms with van der Waals surface area (Å²) in [6, 6.07) is 18.6. The molecule has 144 valence electrons. The number of pyridine rings is 1. The zero-order valence-electron chi connectivity index (χ0n) is 16.1. The van der Waals surface area contributed by atoms with Crippen molar-refractivity contribution < 1.29 is 4.39 Å². The van der Waals surface area contributed by atoms with Gasteiger partial charge in [0, 0.05) is 25.0 Å². The summed E-state index contributed by atoms with van der Waals surface area (Å²) in [6.07, 6.45) is 3.45. The van der Waals surface area contributed by atoms with Gasteiger partial charge in [-0.25, -0.2) is 4.39 Å². The maximum Gasteiger partial charge on any atom is 0.137 e. The van der Waals surface area contributed by atoms with Crippen LogP contribution < -0.4 is 5.32 Å². The van der Waals surface area contributed by atoms with Gasteiger partial charge in [-0.15, -0.1) is 0 Å². The Kier molecular flexibility index (Phi) is 5.18. The van der Waals surface area contributed by atoms with Crippen LogP contribution in [-0.4, -0.2) is 19.8 Å². The Morgan fingerprint density at radius 1 is 0.931 bits per heavy atom. The first-order valence-electron chi connectivity index (χ1n) is 9.14. The lowest BCUT2D eigenvalue weighted by Gasteiger charge is -2.09. The Labute approximate surface area is 174 Å². The molecular formula is C23H19FN4S. The van der Waals surface area contributed by atoms with Gasteiger partial charge in [0.2, 0.25) is 0 Å². The monoisotopic (exact) mass is 402 g/mol. The fourth-order valence-corrected chi connectivity index (χ4v) is 3.21. The minimum Gasteiger partial charge on any atom is -0.335 e. The van der Waals surface area contributed by atoms with Gasteiger partial charge in [-0.1, -0.05) is 30.4 Å². The minimum atomic E-state index is -0.275. The van der Waals surface area contributed by atoms with Gasteiger partial charge in [-0.05, 0) is 66.1 Å². The van der Waals surface area contributed by atoms with Crippen molar-refractivity contribution in [1.82, 2.24) is 14.8 Å². The summed E-state index contributed by atoms with van der Waals surface area (Å²) < 4.78 is 15.0. The number of anilines is 1. The first-order valence-corrected chi connectivity index (χ1v) is 9.55. The van der Waals surface area contributed by atoms with Gasteiger partial charge in [0.1, 0.15) is 17.3 Å². The molecule has 0 fully saturated rings. The molecule has 2 aliphatic carbocycles. The molecule has 1 aromatic carbocycles. The third-order valence-corrected chi connectivity index (χ3v) is 4.64. The summed E-state index contributed by atoms with van der Waals surface area (Å²) in [5.74, 6) is 0.520. The van der Waals surface area contributed by atoms with E-state index in [2.05, 4.69) is 39.7 Å². The highest BCUT2D eigenvalue weighted by Crippen LogP contribution is 2.37. The number of benzene rings is 2. The maximum atomic E-state index is 13.2. The zero-order chi connectivity index (χ0) is 20.4. The highest BCUT2D eigenvalue weighted by atomic mass is 32.1. The molecule has 3 aromatic rings. The summed E-state index contributed by atoms with van der Waals surface area (Å²) in [6.45, 7) is 1.82. The first kappa shape index (κ1) is 19.0. The summed E-state index contributed by atoms with van der Waals surface area (Å²) in [4.78, 5) is 4.71. The fourth-order valence-electron chi connectivity index (χ4n) is 3.11. The second-order valence-corrected chi connectivity index (χ2v) is 7.31. The second-order valence-electron chi connectivity index (χ2n) is 6.70. The van der Waals surface area contributed by atoms with Crippen molar-refractivity contribution in [2.75, 3.05) is 5.32 Å². The molecule has 2 aromatic heterocycles. The van der Waals surface area contributed by atoms with Gasteiger partial charge < -0.3 is 5.32 Å². The average Bonchev–Trinajstić information content (AvgIpc) is 3.18. The molecule has 1 N–H and O–H groups in total. The van der Waals surface area contributed by atoms with E-state index in [1.165, 1.54) is 23.3 Å². The molecule has 0 aliphatic heterocycles. The minimum absolute atomic E-state index is 0.275. The van der Waals surface area contributed by atoms with Crippen molar-refractivity contribution in [3.05, 3.63) is 78.9 Å². The lowest BCUT2D eigenvalue weighted by atomic mass is 10.0. The summed E-state index contributed by atoms with van der Waals surface area (Å²) >= 11 is 5.18. The number of thiocarbonyl (C=S) groups is 1. The van der Waals surface area contributed by atoms with E-state index in [0.717, 1.165) is 28.2 Å². The molecule has 0 radical (unpaired) electrons. The number of rotatable bonds is 3. The molecule has 0 bridgehead atoms. The van der Waals surface area contributed by atoms with Crippen LogP contribution in [0.5, 0.6) is 0 Å². The number of aromatic nitrogens is 3. The van der Waals surface area contributed by atoms with E-state index in [1.807, 2.05) is 26.1 Å². The number of aryl methyl sites for hydroxylation is 1. The standard InChI is InChI=1S/C17H15FN4S.C6H4/c1-11(23)20-17-15(12-7-9-19-10-8-12)16(21-22(17)2)13-3-5-14(18)6-4-13;1-2-5-4-6(5)3-1/h3-10H,1-2H3,(H,20,23);1-4H. The molecule has 0 amide bonds. The van der Waals surface area contributed by atoms with Crippen LogP contribution in [0.15, 0.2) is 73.1 Å². The molecule has 2 heterocycles. The summed E-state index contributed by atoms with van der Waals surface area (Å²) in [5.41, 5.74) is 6.32. The normalized spacial score (nSPS) is 10.7. The van der Waals surface area contributed by atoms with Crippen molar-refractivity contribution in [1.29, 1.82) is 0 Å². The van der Waals surface area contributed by atoms with Gasteiger partial charge in [-0.2, -0.15) is 5.10 Å². The van der Waals surface area contributed by atoms with Crippen molar-refractivity contribution in [3.8, 4) is 33.5 Å². The van der Waals surface area contributed by atoms with E-state index in [4.69, 9.17) is 12.2 Å². The number of hydrogen-bond acceptors (Lipinski definition) is 3. The predicted octanol–water partition coefficient (Wildman–Crippen LogP) is 5.71. The smallest absolute Gasteiger partial charge is 0.137 e. The van der Waals surface area contributed by atoms with Crippen molar-refractivity contribution in [2.45, 2.75) is 6.92 Å². The van der Waals surface area contributed by atoms with Crippen molar-refractivity contribution in [2.24, 2.45) is 7.05 Å². The third-order valence-electron chi connectivity index (χ3n) is 4.54. The molecule has 0 saturated carbocycles. The van der Waals surface area contributed by atoms with Crippen LogP contribution in [-0.2, 0) is 7.05 Å². The van der Waals surface area contributed by atoms with Gasteiger partial charge in [0.05, 0.1) is 10.6 Å². The van der Waals surface area contributed by atoms with Crippen LogP contribution in [0.2, 0.25) is 0 Å². The van der Waals surface area contributed by atoms with Gasteiger partial charge >= 0.3 is 0 Å². The first-order chi connectivity index (χ1) is 14.0. The molecule has 5 rings (SSSR count). The number of fused-ring (bicyclic) bond motifs is 1. The Balaban J connectivity index is 0.000000286. The number of nitrogens with zero attached hydrogens (tertiary/aromatic N) is 3. The Hall–Kier alpha value is -3.38. The second kappa shape index (κ2) is 7.93. The number of nitrogens with one attached hydrogen (secondary N) is 1. The molecule has 0 spiro atoms. The Morgan fingerprint density at radius 2 is 1.59 bits per heavy atom. The highest BCUT2D eigenvalue weighted by molar-refractivity contribution is 7.80. The van der Waals surface area contributed by atoms with Gasteiger partial charge in [-0.3, -0.25) is 9.67 Å². The van der Waals surface area contributed by atoms with Crippen molar-refractivity contribution in [3.63, 3.8) is 0 Å². The number of hydrogen-bond donors (Lipinski definition) is 1. The SMILES string of the molecule is CC(=S)Nc1c(-c2ccncc2)c(-c2ccc(F)cc2)nn1C.c1cc2cc-2c1. The molecule has 29 heavy (non-hydrogen) atoms. The van der Waals surface area contributed by atoms with Crippen molar-refractivity contribution >= 4 is 23.0 Å². The van der Waals surface area contributed by atoms with Crippen LogP contribution in [0.3, 0.4) is 0 Å². The highest BCUT2D eigenvalue weighted by Gasteiger charge is 2.19. The zero-order valence-corrected chi connectivity index (χ0v) is 16.9. The van der Waals surface area contributed by atoms with Crippen LogP contribution in [0.4, 0.5) is 10.2 Å². The quantitative estimate of drug-likeness (QED) is 0.392. The Bertz CT molecular complexity index is 1150. The number of halogens is 1. The summed E-state index contributed by atoms with van der Waals surface area (Å²) in [7, 11) is 1.85. The molecule has 2 aliphatic rings. The molecular weight excluding hydrogens is 383 g/mol. The molecule has 0 unspecified atom stereocenters. The van der Waals surface area contributed by atoms with Crippen LogP contribution >= 0.6 is 12.2 Å². The maximum absolute atomic E-state index is 13.2. The van der Waals surface area contributed by atoms with E-state index in [0.29, 0.717) is 4.99 Å². The molecule has 4 nitrogen and oxygen atoms in total. The third kappa shape index (κ3) is 4.22. The topological polar surface area (TPSA) is 42.7 Å². The lowest BCUT2D eigenvalue weighted by Crippen LogP contribution is -2.08. The van der Waals surface area contributed by atoms with E-state index in [9.17, 15) is 4.39 Å². The van der Waals surface area contributed by atoms with Crippen LogP contribution in [0.1, 0.15) is 6.92 Å². The molecule has 6 heteroatoms. The van der Waals surface area contributed by atoms with Gasteiger partial charge in [0.15, 0.2) is 0 Å². The molecule has 0 saturated heterocycles. The average molecular weight is 402 g/mol. The Morgan fingerprint density at radius 3 is 2.10 bits per heavy atom. The van der Waals surface area contributed by atoms with E-state index >= 15 is 0 Å². The summed E-state index contributed by atoms with van der Waals surface area (Å²) in [5, 5.41) is 7.77. The molecule has 0 atom stereocenters. The predicted molar refractivity (Wildman–Crippen MR) is 119 cm³/mol. The fraction of sp³-hybridized carbons (Fsp3) is 0.0870. The van der Waals surface area contributed by atoms with Crippen LogP contribution in [0.25, 0.3) is 33.5 Å². The van der Waals surface area contributed by atoms with Crippen LogP contribution in [0, 0.1) is 5.82 Å². The largest absolute Gasteiger partial charge is 0.335 e. The van der Waals surface area contributed by atoms with E-state index in [1.54, 1.807) is 29.2 Å².